The van der Waals surface area contributed by atoms with Gasteiger partial charge in [-0.25, -0.2) is 8.42 Å². The van der Waals surface area contributed by atoms with Crippen LogP contribution in [0, 0.1) is 13.8 Å². The predicted molar refractivity (Wildman–Crippen MR) is 134 cm³/mol. The van der Waals surface area contributed by atoms with E-state index in [2.05, 4.69) is 46.7 Å². The molecule has 0 atom stereocenters. The number of sulfonamides is 1. The highest BCUT2D eigenvalue weighted by atomic mass is 79.9. The van der Waals surface area contributed by atoms with Gasteiger partial charge in [0, 0.05) is 15.7 Å². The van der Waals surface area contributed by atoms with E-state index in [-0.39, 0.29) is 16.2 Å². The fourth-order valence-electron chi connectivity index (χ4n) is 3.32. The zero-order valence-corrected chi connectivity index (χ0v) is 21.2. The van der Waals surface area contributed by atoms with Gasteiger partial charge in [-0.2, -0.15) is 0 Å². The Hall–Kier alpha value is -2.64. The van der Waals surface area contributed by atoms with Crippen LogP contribution in [0.1, 0.15) is 47.8 Å². The lowest BCUT2D eigenvalue weighted by Gasteiger charge is -2.21. The second-order valence-electron chi connectivity index (χ2n) is 8.85. The Morgan fingerprint density at radius 3 is 2.12 bits per heavy atom. The summed E-state index contributed by atoms with van der Waals surface area (Å²) in [5.41, 5.74) is 4.54. The lowest BCUT2D eigenvalue weighted by molar-refractivity contribution is 0.102. The number of rotatable bonds is 5. The fourth-order valence-corrected chi connectivity index (χ4v) is 5.42. The van der Waals surface area contributed by atoms with Gasteiger partial charge in [-0.1, -0.05) is 60.5 Å². The van der Waals surface area contributed by atoms with E-state index < -0.39 is 10.0 Å². The molecule has 5 nitrogen and oxygen atoms in total. The van der Waals surface area contributed by atoms with Crippen molar-refractivity contribution in [3.8, 4) is 0 Å². The third-order valence-electron chi connectivity index (χ3n) is 5.09. The van der Waals surface area contributed by atoms with Gasteiger partial charge in [0.25, 0.3) is 15.9 Å². The molecule has 0 aromatic heterocycles. The number of carbonyl (C=O) groups is 1. The summed E-state index contributed by atoms with van der Waals surface area (Å²) in [5.74, 6) is -0.268. The van der Waals surface area contributed by atoms with E-state index in [9.17, 15) is 13.2 Å². The minimum atomic E-state index is -3.74. The number of anilines is 2. The number of amides is 1. The zero-order valence-electron chi connectivity index (χ0n) is 18.8. The molecule has 0 saturated carbocycles. The maximum Gasteiger partial charge on any atom is 0.261 e. The Morgan fingerprint density at radius 1 is 0.906 bits per heavy atom. The number of aryl methyl sites for hydroxylation is 2. The summed E-state index contributed by atoms with van der Waals surface area (Å²) in [5, 5.41) is 2.81. The van der Waals surface area contributed by atoms with Crippen LogP contribution in [-0.4, -0.2) is 14.3 Å². The van der Waals surface area contributed by atoms with Crippen LogP contribution < -0.4 is 10.0 Å². The minimum absolute atomic E-state index is 0.0414. The summed E-state index contributed by atoms with van der Waals surface area (Å²) in [7, 11) is -3.74. The number of carbonyl (C=O) groups excluding carboxylic acids is 1. The van der Waals surface area contributed by atoms with Crippen LogP contribution in [0.25, 0.3) is 0 Å². The molecule has 0 saturated heterocycles. The van der Waals surface area contributed by atoms with Crippen molar-refractivity contribution in [1.29, 1.82) is 0 Å². The van der Waals surface area contributed by atoms with E-state index in [1.807, 2.05) is 32.0 Å². The van der Waals surface area contributed by atoms with Crippen molar-refractivity contribution in [2.45, 2.75) is 44.9 Å². The Kier molecular flexibility index (Phi) is 6.81. The quantitative estimate of drug-likeness (QED) is 0.412. The summed E-state index contributed by atoms with van der Waals surface area (Å²) in [6.07, 6.45) is 0. The molecular weight excluding hydrogens is 488 g/mol. The van der Waals surface area contributed by atoms with Gasteiger partial charge in [0.15, 0.2) is 0 Å². The largest absolute Gasteiger partial charge is 0.322 e. The average molecular weight is 515 g/mol. The van der Waals surface area contributed by atoms with E-state index in [0.29, 0.717) is 16.9 Å². The molecule has 2 N–H and O–H groups in total. The van der Waals surface area contributed by atoms with E-state index in [1.165, 1.54) is 12.1 Å². The Labute approximate surface area is 198 Å². The molecule has 168 valence electrons. The van der Waals surface area contributed by atoms with Gasteiger partial charge in [0.05, 0.1) is 10.6 Å². The first-order valence-electron chi connectivity index (χ1n) is 10.2. The highest BCUT2D eigenvalue weighted by molar-refractivity contribution is 9.10. The SMILES string of the molecule is Cc1ccc(NS(=O)(=O)c2ccc(NC(=O)c3ccc(C(C)(C)C)c(Br)c3)cc2)c(C)c1. The van der Waals surface area contributed by atoms with Gasteiger partial charge >= 0.3 is 0 Å². The third-order valence-corrected chi connectivity index (χ3v) is 7.13. The van der Waals surface area contributed by atoms with Gasteiger partial charge < -0.3 is 5.32 Å². The molecule has 0 unspecified atom stereocenters. The van der Waals surface area contributed by atoms with Crippen LogP contribution in [0.3, 0.4) is 0 Å². The van der Waals surface area contributed by atoms with Gasteiger partial charge in [-0.3, -0.25) is 9.52 Å². The second kappa shape index (κ2) is 9.08. The Balaban J connectivity index is 1.74. The smallest absolute Gasteiger partial charge is 0.261 e. The van der Waals surface area contributed by atoms with Crippen LogP contribution in [0.15, 0.2) is 70.0 Å². The number of benzene rings is 3. The molecule has 0 bridgehead atoms. The molecule has 32 heavy (non-hydrogen) atoms. The monoisotopic (exact) mass is 514 g/mol. The molecule has 0 spiro atoms. The first kappa shape index (κ1) is 24.0. The highest BCUT2D eigenvalue weighted by Gasteiger charge is 2.19. The summed E-state index contributed by atoms with van der Waals surface area (Å²) >= 11 is 3.55. The van der Waals surface area contributed by atoms with E-state index in [4.69, 9.17) is 0 Å². The highest BCUT2D eigenvalue weighted by Crippen LogP contribution is 2.30. The molecule has 0 aliphatic heterocycles. The van der Waals surface area contributed by atoms with Crippen LogP contribution in [-0.2, 0) is 15.4 Å². The maximum atomic E-state index is 12.7. The summed E-state index contributed by atoms with van der Waals surface area (Å²) in [6, 6.07) is 17.1. The lowest BCUT2D eigenvalue weighted by Crippen LogP contribution is -2.16. The van der Waals surface area contributed by atoms with Crippen LogP contribution in [0.2, 0.25) is 0 Å². The molecular formula is C25H27BrN2O3S. The van der Waals surface area contributed by atoms with Crippen molar-refractivity contribution in [1.82, 2.24) is 0 Å². The van der Waals surface area contributed by atoms with E-state index in [0.717, 1.165) is 21.2 Å². The van der Waals surface area contributed by atoms with Crippen LogP contribution in [0.5, 0.6) is 0 Å². The molecule has 7 heteroatoms. The summed E-state index contributed by atoms with van der Waals surface area (Å²) in [4.78, 5) is 12.8. The first-order chi connectivity index (χ1) is 14.9. The predicted octanol–water partition coefficient (Wildman–Crippen LogP) is 6.42. The third kappa shape index (κ3) is 5.58. The van der Waals surface area contributed by atoms with Crippen molar-refractivity contribution in [3.05, 3.63) is 87.4 Å². The van der Waals surface area contributed by atoms with E-state index in [1.54, 1.807) is 30.3 Å². The molecule has 1 amide bonds. The fraction of sp³-hybridized carbons (Fsp3) is 0.240. The van der Waals surface area contributed by atoms with Crippen LogP contribution >= 0.6 is 15.9 Å². The molecule has 0 heterocycles. The van der Waals surface area contributed by atoms with Gasteiger partial charge in [0.2, 0.25) is 0 Å². The Morgan fingerprint density at radius 2 is 1.56 bits per heavy atom. The maximum absolute atomic E-state index is 12.7. The van der Waals surface area contributed by atoms with Crippen molar-refractivity contribution < 1.29 is 13.2 Å². The number of hydrogen-bond donors (Lipinski definition) is 2. The molecule has 0 radical (unpaired) electrons. The van der Waals surface area contributed by atoms with Crippen molar-refractivity contribution in [2.75, 3.05) is 10.0 Å². The Bertz CT molecular complexity index is 1260. The lowest BCUT2D eigenvalue weighted by atomic mass is 9.86. The molecule has 0 aliphatic rings. The van der Waals surface area contributed by atoms with Crippen molar-refractivity contribution in [3.63, 3.8) is 0 Å². The van der Waals surface area contributed by atoms with Gasteiger partial charge in [-0.05, 0) is 72.9 Å². The average Bonchev–Trinajstić information content (AvgIpc) is 2.69. The van der Waals surface area contributed by atoms with Gasteiger partial charge in [-0.15, -0.1) is 0 Å². The molecule has 0 aliphatic carbocycles. The minimum Gasteiger partial charge on any atom is -0.322 e. The summed E-state index contributed by atoms with van der Waals surface area (Å²) < 4.78 is 29.0. The normalized spacial score (nSPS) is 11.8. The van der Waals surface area contributed by atoms with Crippen molar-refractivity contribution in [2.24, 2.45) is 0 Å². The van der Waals surface area contributed by atoms with Crippen LogP contribution in [0.4, 0.5) is 11.4 Å². The molecule has 3 rings (SSSR count). The molecule has 3 aromatic carbocycles. The van der Waals surface area contributed by atoms with E-state index >= 15 is 0 Å². The number of hydrogen-bond acceptors (Lipinski definition) is 3. The van der Waals surface area contributed by atoms with Crippen molar-refractivity contribution >= 4 is 43.2 Å². The standard InChI is InChI=1S/C25H27BrN2O3S/c1-16-6-13-23(17(2)14-16)28-32(30,31)20-10-8-19(9-11-20)27-24(29)18-7-12-21(22(26)15-18)25(3,4)5/h6-15,28H,1-5H3,(H,27,29). The molecule has 3 aromatic rings. The topological polar surface area (TPSA) is 75.3 Å². The first-order valence-corrected chi connectivity index (χ1v) is 12.5. The second-order valence-corrected chi connectivity index (χ2v) is 11.4. The zero-order chi connectivity index (χ0) is 23.7. The number of nitrogens with one attached hydrogen (secondary N) is 2. The summed E-state index contributed by atoms with van der Waals surface area (Å²) in [6.45, 7) is 10.1. The van der Waals surface area contributed by atoms with Gasteiger partial charge in [0.1, 0.15) is 0 Å². The number of halogens is 1. The molecule has 0 fully saturated rings.